The Hall–Kier alpha value is -3.29. The predicted octanol–water partition coefficient (Wildman–Crippen LogP) is 1.62. The van der Waals surface area contributed by atoms with Gasteiger partial charge in [0.05, 0.1) is 19.7 Å². The minimum Gasteiger partial charge on any atom is -0.496 e. The number of aryl methyl sites for hydroxylation is 1. The summed E-state index contributed by atoms with van der Waals surface area (Å²) in [6.07, 6.45) is 6.85. The summed E-state index contributed by atoms with van der Waals surface area (Å²) in [5.74, 6) is 0.688. The molecule has 0 aromatic heterocycles. The quantitative estimate of drug-likeness (QED) is 0.139. The van der Waals surface area contributed by atoms with E-state index < -0.39 is 0 Å². The Balaban J connectivity index is 2.39. The second-order valence-corrected chi connectivity index (χ2v) is 11.2. The molecule has 1 fully saturated rings. The van der Waals surface area contributed by atoms with Gasteiger partial charge in [0.25, 0.3) is 0 Å². The molecule has 0 aliphatic carbocycles. The van der Waals surface area contributed by atoms with Crippen molar-refractivity contribution in [3.8, 4) is 5.75 Å². The average Bonchev–Trinajstić information content (AvgIpc) is 2.99. The van der Waals surface area contributed by atoms with Crippen LogP contribution < -0.4 is 48.5 Å². The van der Waals surface area contributed by atoms with Gasteiger partial charge in [-0.3, -0.25) is 0 Å². The van der Waals surface area contributed by atoms with E-state index >= 15 is 0 Å². The Morgan fingerprint density at radius 3 is 1.86 bits per heavy atom. The van der Waals surface area contributed by atoms with Crippen LogP contribution in [-0.2, 0) is 6.54 Å². The van der Waals surface area contributed by atoms with E-state index in [2.05, 4.69) is 26.6 Å². The number of urea groups is 3. The summed E-state index contributed by atoms with van der Waals surface area (Å²) in [4.78, 5) is 41.5. The molecule has 0 unspecified atom stereocenters. The minimum atomic E-state index is -0.355. The summed E-state index contributed by atoms with van der Waals surface area (Å²) < 4.78 is 5.64. The Morgan fingerprint density at radius 2 is 1.30 bits per heavy atom. The molecular formula is C30H55N9O4. The van der Waals surface area contributed by atoms with Crippen LogP contribution in [0.3, 0.4) is 0 Å². The molecule has 1 aliphatic rings. The first kappa shape index (κ1) is 35.9. The van der Waals surface area contributed by atoms with Crippen molar-refractivity contribution in [1.82, 2.24) is 31.5 Å². The van der Waals surface area contributed by atoms with Crippen molar-refractivity contribution in [3.63, 3.8) is 0 Å². The summed E-state index contributed by atoms with van der Waals surface area (Å²) in [5.41, 5.74) is 19.1. The molecule has 1 heterocycles. The third kappa shape index (κ3) is 13.7. The van der Waals surface area contributed by atoms with E-state index in [4.69, 9.17) is 21.9 Å². The molecule has 43 heavy (non-hydrogen) atoms. The van der Waals surface area contributed by atoms with Gasteiger partial charge in [0, 0.05) is 37.3 Å². The second kappa shape index (κ2) is 20.6. The first-order chi connectivity index (χ1) is 20.8. The van der Waals surface area contributed by atoms with Crippen molar-refractivity contribution in [3.05, 3.63) is 29.3 Å². The first-order valence-corrected chi connectivity index (χ1v) is 15.7. The Kier molecular flexibility index (Phi) is 17.2. The zero-order valence-electron chi connectivity index (χ0n) is 26.1. The normalized spacial score (nSPS) is 20.5. The largest absolute Gasteiger partial charge is 0.496 e. The number of amides is 6. The average molecular weight is 606 g/mol. The van der Waals surface area contributed by atoms with E-state index in [0.29, 0.717) is 44.6 Å². The molecule has 0 saturated carbocycles. The van der Waals surface area contributed by atoms with Crippen LogP contribution in [0, 0.1) is 6.92 Å². The van der Waals surface area contributed by atoms with Gasteiger partial charge in [0.2, 0.25) is 0 Å². The topological polar surface area (TPSA) is 202 Å². The summed E-state index contributed by atoms with van der Waals surface area (Å²) in [5, 5.41) is 14.9. The molecule has 13 heteroatoms. The molecule has 3 atom stereocenters. The summed E-state index contributed by atoms with van der Waals surface area (Å²) in [7, 11) is 1.61. The van der Waals surface area contributed by atoms with Gasteiger partial charge in [-0.15, -0.1) is 0 Å². The van der Waals surface area contributed by atoms with Crippen molar-refractivity contribution < 1.29 is 19.1 Å². The molecule has 6 amide bonds. The van der Waals surface area contributed by atoms with Crippen molar-refractivity contribution in [2.75, 3.05) is 46.4 Å². The van der Waals surface area contributed by atoms with Gasteiger partial charge >= 0.3 is 18.1 Å². The number of hydrogen-bond acceptors (Lipinski definition) is 7. The number of carbonyl (C=O) groups excluding carboxylic acids is 3. The van der Waals surface area contributed by atoms with Gasteiger partial charge < -0.3 is 53.4 Å². The van der Waals surface area contributed by atoms with Crippen LogP contribution in [0.25, 0.3) is 0 Å². The van der Waals surface area contributed by atoms with E-state index in [9.17, 15) is 14.4 Å². The lowest BCUT2D eigenvalue weighted by molar-refractivity contribution is 0.160. The van der Waals surface area contributed by atoms with Gasteiger partial charge in [-0.25, -0.2) is 14.4 Å². The number of ether oxygens (including phenoxy) is 1. The Morgan fingerprint density at radius 1 is 0.767 bits per heavy atom. The van der Waals surface area contributed by atoms with Crippen LogP contribution in [0.5, 0.6) is 5.75 Å². The van der Waals surface area contributed by atoms with Gasteiger partial charge in [-0.05, 0) is 76.7 Å². The lowest BCUT2D eigenvalue weighted by Crippen LogP contribution is -2.53. The highest BCUT2D eigenvalue weighted by Gasteiger charge is 2.27. The number of nitrogens with one attached hydrogen (secondary N) is 5. The van der Waals surface area contributed by atoms with Crippen LogP contribution in [0.1, 0.15) is 68.9 Å². The minimum absolute atomic E-state index is 0.248. The standard InChI is InChI=1S/C30H55N9O4/c1-22-12-13-23(27(17-22)43-2)21-39-26(11-5-8-16-33)20-35-29(41)37-24(9-3-6-14-31)18-34-28(40)38-25(10-4-7-15-32)19-36-30(39)42/h12-13,17,24-26H,3-11,14-16,18-21,31-33H2,1-2H3,(H,36,42)(H2,34,38,40)(H2,35,37,41)/t24-,25-,26-/m0/s1. The van der Waals surface area contributed by atoms with E-state index in [1.54, 1.807) is 12.0 Å². The fraction of sp³-hybridized carbons (Fsp3) is 0.700. The zero-order chi connectivity index (χ0) is 31.5. The van der Waals surface area contributed by atoms with Crippen LogP contribution in [0.4, 0.5) is 14.4 Å². The van der Waals surface area contributed by atoms with E-state index in [1.807, 2.05) is 25.1 Å². The molecule has 244 valence electrons. The van der Waals surface area contributed by atoms with E-state index in [1.165, 1.54) is 0 Å². The van der Waals surface area contributed by atoms with Crippen LogP contribution >= 0.6 is 0 Å². The van der Waals surface area contributed by atoms with Gasteiger partial charge in [-0.1, -0.05) is 31.4 Å². The molecule has 0 radical (unpaired) electrons. The van der Waals surface area contributed by atoms with E-state index in [0.717, 1.165) is 49.7 Å². The molecule has 13 nitrogen and oxygen atoms in total. The van der Waals surface area contributed by atoms with E-state index in [-0.39, 0.29) is 62.4 Å². The molecule has 0 spiro atoms. The molecule has 1 aliphatic heterocycles. The highest BCUT2D eigenvalue weighted by atomic mass is 16.5. The third-order valence-corrected chi connectivity index (χ3v) is 7.67. The monoisotopic (exact) mass is 605 g/mol. The number of rotatable bonds is 15. The maximum absolute atomic E-state index is 13.9. The van der Waals surface area contributed by atoms with Crippen LogP contribution in [-0.4, -0.2) is 87.5 Å². The number of benzene rings is 1. The number of nitrogens with zero attached hydrogens (tertiary/aromatic N) is 1. The van der Waals surface area contributed by atoms with Crippen molar-refractivity contribution in [2.24, 2.45) is 17.2 Å². The zero-order valence-corrected chi connectivity index (χ0v) is 26.1. The smallest absolute Gasteiger partial charge is 0.318 e. The second-order valence-electron chi connectivity index (χ2n) is 11.2. The van der Waals surface area contributed by atoms with Crippen LogP contribution in [0.15, 0.2) is 18.2 Å². The molecule has 1 aromatic rings. The number of hydrogen-bond donors (Lipinski definition) is 8. The summed E-state index contributed by atoms with van der Waals surface area (Å²) in [6.45, 7) is 4.68. The Labute approximate surface area is 256 Å². The lowest BCUT2D eigenvalue weighted by atomic mass is 10.1. The maximum atomic E-state index is 13.9. The van der Waals surface area contributed by atoms with Gasteiger partial charge in [-0.2, -0.15) is 0 Å². The van der Waals surface area contributed by atoms with Crippen molar-refractivity contribution >= 4 is 18.1 Å². The fourth-order valence-electron chi connectivity index (χ4n) is 5.16. The molecule has 0 bridgehead atoms. The van der Waals surface area contributed by atoms with Crippen molar-refractivity contribution in [2.45, 2.75) is 89.4 Å². The van der Waals surface area contributed by atoms with Crippen LogP contribution in [0.2, 0.25) is 0 Å². The van der Waals surface area contributed by atoms with Gasteiger partial charge in [0.15, 0.2) is 0 Å². The maximum Gasteiger partial charge on any atom is 0.318 e. The van der Waals surface area contributed by atoms with Gasteiger partial charge in [0.1, 0.15) is 5.75 Å². The predicted molar refractivity (Wildman–Crippen MR) is 170 cm³/mol. The number of methoxy groups -OCH3 is 1. The summed E-state index contributed by atoms with van der Waals surface area (Å²) in [6, 6.07) is 4.01. The Bertz CT molecular complexity index is 981. The molecule has 2 rings (SSSR count). The number of nitrogens with two attached hydrogens (primary N) is 3. The first-order valence-electron chi connectivity index (χ1n) is 15.7. The molecule has 1 saturated heterocycles. The highest BCUT2D eigenvalue weighted by Crippen LogP contribution is 2.24. The van der Waals surface area contributed by atoms with Crippen molar-refractivity contribution in [1.29, 1.82) is 0 Å². The highest BCUT2D eigenvalue weighted by molar-refractivity contribution is 5.77. The number of carbonyl (C=O) groups is 3. The molecule has 1 aromatic carbocycles. The third-order valence-electron chi connectivity index (χ3n) is 7.67. The summed E-state index contributed by atoms with van der Waals surface area (Å²) >= 11 is 0. The molecule has 11 N–H and O–H groups in total. The molecular weight excluding hydrogens is 550 g/mol. The number of unbranched alkanes of at least 4 members (excludes halogenated alkanes) is 3. The fourth-order valence-corrected chi connectivity index (χ4v) is 5.16. The lowest BCUT2D eigenvalue weighted by Gasteiger charge is -2.33. The SMILES string of the molecule is COc1cc(C)ccc1CN1C(=O)NC[C@H](CCCCN)NC(=O)NC[C@H](CCCCN)NC(=O)NC[C@@H]1CCCCN.